The molecule has 0 radical (unpaired) electrons. The number of pyridine rings is 1. The van der Waals surface area contributed by atoms with Crippen molar-refractivity contribution in [3.8, 4) is 0 Å². The van der Waals surface area contributed by atoms with E-state index in [1.165, 1.54) is 0 Å². The first-order valence-electron chi connectivity index (χ1n) is 7.25. The molecule has 1 aliphatic rings. The van der Waals surface area contributed by atoms with Gasteiger partial charge >= 0.3 is 0 Å². The van der Waals surface area contributed by atoms with Gasteiger partial charge in [-0.3, -0.25) is 4.90 Å². The molecule has 0 bridgehead atoms. The van der Waals surface area contributed by atoms with Crippen LogP contribution in [0.3, 0.4) is 0 Å². The molecule has 2 rings (SSSR count). The number of nitrogens with zero attached hydrogens (tertiary/aromatic N) is 2. The summed E-state index contributed by atoms with van der Waals surface area (Å²) in [6.45, 7) is 10.7. The zero-order valence-corrected chi connectivity index (χ0v) is 13.3. The maximum atomic E-state index is 6.29. The fourth-order valence-corrected chi connectivity index (χ4v) is 2.48. The van der Waals surface area contributed by atoms with Crippen molar-refractivity contribution in [2.24, 2.45) is 0 Å². The van der Waals surface area contributed by atoms with Gasteiger partial charge in [-0.25, -0.2) is 4.98 Å². The lowest BCUT2D eigenvalue weighted by Gasteiger charge is -2.42. The Labute approximate surface area is 126 Å². The summed E-state index contributed by atoms with van der Waals surface area (Å²) in [6.07, 6.45) is 1.08. The predicted octanol–water partition coefficient (Wildman–Crippen LogP) is 3.17. The van der Waals surface area contributed by atoms with E-state index in [0.717, 1.165) is 55.8 Å². The van der Waals surface area contributed by atoms with E-state index in [4.69, 9.17) is 16.3 Å². The number of anilines is 1. The van der Waals surface area contributed by atoms with Crippen molar-refractivity contribution in [3.63, 3.8) is 0 Å². The van der Waals surface area contributed by atoms with Gasteiger partial charge in [-0.2, -0.15) is 0 Å². The number of nitrogens with one attached hydrogen (secondary N) is 1. The van der Waals surface area contributed by atoms with Crippen LogP contribution in [-0.4, -0.2) is 41.7 Å². The van der Waals surface area contributed by atoms with Gasteiger partial charge in [-0.05, 0) is 32.4 Å². The monoisotopic (exact) mass is 297 g/mol. The van der Waals surface area contributed by atoms with Crippen molar-refractivity contribution in [1.82, 2.24) is 9.88 Å². The average molecular weight is 298 g/mol. The molecule has 112 valence electrons. The van der Waals surface area contributed by atoms with E-state index < -0.39 is 0 Å². The molecule has 4 nitrogen and oxygen atoms in total. The Bertz CT molecular complexity index is 451. The van der Waals surface area contributed by atoms with Gasteiger partial charge in [0.2, 0.25) is 0 Å². The second-order valence-corrected chi connectivity index (χ2v) is 6.25. The lowest BCUT2D eigenvalue weighted by atomic mass is 10.0. The van der Waals surface area contributed by atoms with E-state index in [-0.39, 0.29) is 5.54 Å². The average Bonchev–Trinajstić information content (AvgIpc) is 2.41. The zero-order valence-electron chi connectivity index (χ0n) is 12.6. The number of rotatable bonds is 5. The first kappa shape index (κ1) is 15.5. The highest BCUT2D eigenvalue weighted by atomic mass is 35.5. The van der Waals surface area contributed by atoms with E-state index in [0.29, 0.717) is 0 Å². The molecule has 5 heteroatoms. The molecule has 0 unspecified atom stereocenters. The van der Waals surface area contributed by atoms with Crippen LogP contribution in [0, 0.1) is 0 Å². The number of aromatic nitrogens is 1. The number of ether oxygens (including phenoxy) is 1. The molecule has 20 heavy (non-hydrogen) atoms. The van der Waals surface area contributed by atoms with Gasteiger partial charge in [0.05, 0.1) is 23.9 Å². The van der Waals surface area contributed by atoms with E-state index >= 15 is 0 Å². The Morgan fingerprint density at radius 1 is 1.45 bits per heavy atom. The van der Waals surface area contributed by atoms with Crippen LogP contribution in [0.4, 0.5) is 5.82 Å². The number of morpholine rings is 1. The van der Waals surface area contributed by atoms with Gasteiger partial charge in [0.1, 0.15) is 5.82 Å². The SMILES string of the molecule is CCCNc1ccc(Cl)c(CN2CCOCC2(C)C)n1. The summed E-state index contributed by atoms with van der Waals surface area (Å²) >= 11 is 6.29. The molecule has 0 amide bonds. The molecule has 0 spiro atoms. The summed E-state index contributed by atoms with van der Waals surface area (Å²) < 4.78 is 5.55. The van der Waals surface area contributed by atoms with Gasteiger partial charge in [0.15, 0.2) is 0 Å². The van der Waals surface area contributed by atoms with Crippen molar-refractivity contribution in [2.75, 3.05) is 31.6 Å². The summed E-state index contributed by atoms with van der Waals surface area (Å²) in [4.78, 5) is 7.03. The largest absolute Gasteiger partial charge is 0.378 e. The van der Waals surface area contributed by atoms with E-state index in [2.05, 4.69) is 36.0 Å². The van der Waals surface area contributed by atoms with Crippen LogP contribution in [0.25, 0.3) is 0 Å². The van der Waals surface area contributed by atoms with Gasteiger partial charge in [-0.1, -0.05) is 18.5 Å². The molecular weight excluding hydrogens is 274 g/mol. The molecular formula is C15H24ClN3O. The third-order valence-corrected chi connectivity index (χ3v) is 3.98. The minimum atomic E-state index is 0.0239. The predicted molar refractivity (Wildman–Crippen MR) is 83.3 cm³/mol. The van der Waals surface area contributed by atoms with Crippen molar-refractivity contribution in [3.05, 3.63) is 22.8 Å². The Hall–Kier alpha value is -0.840. The molecule has 0 aromatic carbocycles. The van der Waals surface area contributed by atoms with Crippen molar-refractivity contribution >= 4 is 17.4 Å². The standard InChI is InChI=1S/C15H24ClN3O/c1-4-7-17-14-6-5-12(16)13(18-14)10-19-8-9-20-11-15(19,2)3/h5-6H,4,7-11H2,1-3H3,(H,17,18). The van der Waals surface area contributed by atoms with Gasteiger partial charge in [-0.15, -0.1) is 0 Å². The topological polar surface area (TPSA) is 37.4 Å². The van der Waals surface area contributed by atoms with Crippen LogP contribution in [0.5, 0.6) is 0 Å². The second kappa shape index (κ2) is 6.74. The summed E-state index contributed by atoms with van der Waals surface area (Å²) in [5.74, 6) is 0.900. The minimum absolute atomic E-state index is 0.0239. The maximum absolute atomic E-state index is 6.29. The van der Waals surface area contributed by atoms with Gasteiger partial charge in [0.25, 0.3) is 0 Å². The first-order chi connectivity index (χ1) is 9.53. The highest BCUT2D eigenvalue weighted by Crippen LogP contribution is 2.24. The minimum Gasteiger partial charge on any atom is -0.378 e. The summed E-state index contributed by atoms with van der Waals surface area (Å²) in [5, 5.41) is 4.04. The molecule has 2 heterocycles. The van der Waals surface area contributed by atoms with Crippen LogP contribution >= 0.6 is 11.6 Å². The molecule has 1 aromatic heterocycles. The molecule has 1 aliphatic heterocycles. The van der Waals surface area contributed by atoms with E-state index in [1.54, 1.807) is 0 Å². The highest BCUT2D eigenvalue weighted by Gasteiger charge is 2.31. The van der Waals surface area contributed by atoms with Crippen molar-refractivity contribution in [1.29, 1.82) is 0 Å². The number of halogens is 1. The normalized spacial score (nSPS) is 19.0. The van der Waals surface area contributed by atoms with Crippen LogP contribution in [0.15, 0.2) is 12.1 Å². The molecule has 1 fully saturated rings. The summed E-state index contributed by atoms with van der Waals surface area (Å²) in [6, 6.07) is 3.86. The lowest BCUT2D eigenvalue weighted by Crippen LogP contribution is -2.52. The Kier molecular flexibility index (Phi) is 5.24. The van der Waals surface area contributed by atoms with Crippen LogP contribution in [0.2, 0.25) is 5.02 Å². The van der Waals surface area contributed by atoms with Crippen LogP contribution in [-0.2, 0) is 11.3 Å². The zero-order chi connectivity index (χ0) is 14.6. The molecule has 0 aliphatic carbocycles. The smallest absolute Gasteiger partial charge is 0.126 e. The molecule has 1 aromatic rings. The van der Waals surface area contributed by atoms with Crippen LogP contribution < -0.4 is 5.32 Å². The summed E-state index contributed by atoms with van der Waals surface area (Å²) in [7, 11) is 0. The maximum Gasteiger partial charge on any atom is 0.126 e. The summed E-state index contributed by atoms with van der Waals surface area (Å²) in [5.41, 5.74) is 0.957. The molecule has 1 saturated heterocycles. The second-order valence-electron chi connectivity index (χ2n) is 5.84. The quantitative estimate of drug-likeness (QED) is 0.906. The third-order valence-electron chi connectivity index (χ3n) is 3.63. The highest BCUT2D eigenvalue weighted by molar-refractivity contribution is 6.31. The Morgan fingerprint density at radius 3 is 2.95 bits per heavy atom. The van der Waals surface area contributed by atoms with Crippen LogP contribution in [0.1, 0.15) is 32.9 Å². The van der Waals surface area contributed by atoms with E-state index in [1.807, 2.05) is 12.1 Å². The number of hydrogen-bond acceptors (Lipinski definition) is 4. The molecule has 0 atom stereocenters. The number of hydrogen-bond donors (Lipinski definition) is 1. The molecule has 0 saturated carbocycles. The first-order valence-corrected chi connectivity index (χ1v) is 7.63. The lowest BCUT2D eigenvalue weighted by molar-refractivity contribution is -0.0557. The van der Waals surface area contributed by atoms with Crippen molar-refractivity contribution in [2.45, 2.75) is 39.3 Å². The Balaban J connectivity index is 2.11. The van der Waals surface area contributed by atoms with Gasteiger partial charge in [0, 0.05) is 25.2 Å². The Morgan fingerprint density at radius 2 is 2.25 bits per heavy atom. The fraction of sp³-hybridized carbons (Fsp3) is 0.667. The third kappa shape index (κ3) is 3.84. The molecule has 1 N–H and O–H groups in total. The van der Waals surface area contributed by atoms with Crippen molar-refractivity contribution < 1.29 is 4.74 Å². The fourth-order valence-electron chi connectivity index (χ4n) is 2.31. The van der Waals surface area contributed by atoms with E-state index in [9.17, 15) is 0 Å². The van der Waals surface area contributed by atoms with Gasteiger partial charge < -0.3 is 10.1 Å².